The lowest BCUT2D eigenvalue weighted by atomic mass is 9.64. The molecule has 1 aliphatic rings. The molecule has 2 aromatic rings. The fraction of sp³-hybridized carbons (Fsp3) is 0.571. The molecule has 102 valence electrons. The number of rotatable bonds is 3. The third kappa shape index (κ3) is 1.72. The molecule has 5 nitrogen and oxygen atoms in total. The van der Waals surface area contributed by atoms with Crippen LogP contribution in [-0.4, -0.2) is 27.2 Å². The Labute approximate surface area is 112 Å². The predicted molar refractivity (Wildman–Crippen MR) is 74.8 cm³/mol. The van der Waals surface area contributed by atoms with Gasteiger partial charge in [-0.05, 0) is 25.5 Å². The molecule has 1 aliphatic carbocycles. The first-order valence-electron chi connectivity index (χ1n) is 6.75. The molecule has 1 saturated carbocycles. The van der Waals surface area contributed by atoms with Gasteiger partial charge in [0.2, 0.25) is 5.95 Å². The van der Waals surface area contributed by atoms with Gasteiger partial charge in [-0.15, -0.1) is 0 Å². The number of hydrogen-bond acceptors (Lipinski definition) is 4. The van der Waals surface area contributed by atoms with Crippen molar-refractivity contribution < 1.29 is 4.74 Å². The molecular formula is C14H20N4O. The second-order valence-corrected chi connectivity index (χ2v) is 5.70. The molecule has 1 fully saturated rings. The summed E-state index contributed by atoms with van der Waals surface area (Å²) < 4.78 is 7.84. The summed E-state index contributed by atoms with van der Waals surface area (Å²) in [5.74, 6) is 0.543. The second-order valence-electron chi connectivity index (χ2n) is 5.70. The van der Waals surface area contributed by atoms with Crippen LogP contribution in [-0.2, 0) is 4.74 Å². The van der Waals surface area contributed by atoms with Crippen molar-refractivity contribution in [2.45, 2.75) is 39.3 Å². The standard InChI is InChI=1S/C14H20N4O/c1-4-19-11-8-10(14(11,2)3)18-12-9(17-13(18)15)6-5-7-16-12/h5-7,10-11H,4,8H2,1-3H3,(H2,15,17). The Morgan fingerprint density at radius 1 is 1.53 bits per heavy atom. The average Bonchev–Trinajstić information content (AvgIpc) is 2.70. The smallest absolute Gasteiger partial charge is 0.202 e. The largest absolute Gasteiger partial charge is 0.378 e. The summed E-state index contributed by atoms with van der Waals surface area (Å²) in [5, 5.41) is 0. The SMILES string of the molecule is CCOC1CC(n2c(N)nc3cccnc32)C1(C)C. The maximum absolute atomic E-state index is 6.08. The zero-order chi connectivity index (χ0) is 13.6. The van der Waals surface area contributed by atoms with Gasteiger partial charge in [0.25, 0.3) is 0 Å². The molecule has 2 N–H and O–H groups in total. The van der Waals surface area contributed by atoms with Gasteiger partial charge in [-0.25, -0.2) is 9.97 Å². The molecule has 2 atom stereocenters. The molecule has 2 aromatic heterocycles. The zero-order valence-electron chi connectivity index (χ0n) is 11.6. The summed E-state index contributed by atoms with van der Waals surface area (Å²) in [5.41, 5.74) is 7.85. The molecule has 2 unspecified atom stereocenters. The highest BCUT2D eigenvalue weighted by atomic mass is 16.5. The summed E-state index contributed by atoms with van der Waals surface area (Å²) in [4.78, 5) is 8.81. The van der Waals surface area contributed by atoms with Crippen molar-refractivity contribution in [2.75, 3.05) is 12.3 Å². The van der Waals surface area contributed by atoms with Gasteiger partial charge in [0.15, 0.2) is 5.65 Å². The Balaban J connectivity index is 2.00. The van der Waals surface area contributed by atoms with Crippen LogP contribution in [0.1, 0.15) is 33.2 Å². The molecule has 0 amide bonds. The number of fused-ring (bicyclic) bond motifs is 1. The Morgan fingerprint density at radius 2 is 2.32 bits per heavy atom. The van der Waals surface area contributed by atoms with Crippen molar-refractivity contribution >= 4 is 17.1 Å². The molecule has 0 radical (unpaired) electrons. The average molecular weight is 260 g/mol. The number of nitrogen functional groups attached to an aromatic ring is 1. The van der Waals surface area contributed by atoms with E-state index < -0.39 is 0 Å². The van der Waals surface area contributed by atoms with E-state index in [1.54, 1.807) is 6.20 Å². The predicted octanol–water partition coefficient (Wildman–Crippen LogP) is 2.39. The molecule has 3 rings (SSSR count). The van der Waals surface area contributed by atoms with Gasteiger partial charge in [0.1, 0.15) is 5.52 Å². The van der Waals surface area contributed by atoms with E-state index in [0.717, 1.165) is 24.2 Å². The normalized spacial score (nSPS) is 25.4. The van der Waals surface area contributed by atoms with E-state index in [2.05, 4.69) is 28.4 Å². The molecule has 2 heterocycles. The van der Waals surface area contributed by atoms with E-state index in [4.69, 9.17) is 10.5 Å². The van der Waals surface area contributed by atoms with Crippen molar-refractivity contribution in [3.63, 3.8) is 0 Å². The minimum absolute atomic E-state index is 0.0509. The van der Waals surface area contributed by atoms with Crippen LogP contribution in [0.4, 0.5) is 5.95 Å². The minimum atomic E-state index is 0.0509. The molecule has 5 heteroatoms. The Hall–Kier alpha value is -1.62. The Morgan fingerprint density at radius 3 is 3.00 bits per heavy atom. The summed E-state index contributed by atoms with van der Waals surface area (Å²) in [7, 11) is 0. The van der Waals surface area contributed by atoms with Gasteiger partial charge < -0.3 is 10.5 Å². The molecule has 0 aromatic carbocycles. The van der Waals surface area contributed by atoms with Crippen molar-refractivity contribution in [3.8, 4) is 0 Å². The number of anilines is 1. The van der Waals surface area contributed by atoms with Crippen LogP contribution in [0.25, 0.3) is 11.2 Å². The maximum Gasteiger partial charge on any atom is 0.202 e. The number of aromatic nitrogens is 3. The van der Waals surface area contributed by atoms with E-state index in [1.807, 2.05) is 19.1 Å². The first-order chi connectivity index (χ1) is 9.05. The van der Waals surface area contributed by atoms with Crippen LogP contribution in [0.3, 0.4) is 0 Å². The van der Waals surface area contributed by atoms with Crippen molar-refractivity contribution in [2.24, 2.45) is 5.41 Å². The zero-order valence-corrected chi connectivity index (χ0v) is 11.6. The number of ether oxygens (including phenoxy) is 1. The van der Waals surface area contributed by atoms with E-state index >= 15 is 0 Å². The summed E-state index contributed by atoms with van der Waals surface area (Å²) in [6.07, 6.45) is 3.03. The quantitative estimate of drug-likeness (QED) is 0.920. The summed E-state index contributed by atoms with van der Waals surface area (Å²) in [6.45, 7) is 7.22. The van der Waals surface area contributed by atoms with Gasteiger partial charge in [0, 0.05) is 24.3 Å². The molecule has 0 spiro atoms. The van der Waals surface area contributed by atoms with Crippen LogP contribution in [0.15, 0.2) is 18.3 Å². The van der Waals surface area contributed by atoms with Gasteiger partial charge in [-0.2, -0.15) is 0 Å². The van der Waals surface area contributed by atoms with Gasteiger partial charge in [-0.3, -0.25) is 4.57 Å². The first kappa shape index (κ1) is 12.4. The second kappa shape index (κ2) is 4.20. The summed E-state index contributed by atoms with van der Waals surface area (Å²) >= 11 is 0. The van der Waals surface area contributed by atoms with Crippen LogP contribution in [0, 0.1) is 5.41 Å². The fourth-order valence-electron chi connectivity index (χ4n) is 3.04. The van der Waals surface area contributed by atoms with E-state index in [0.29, 0.717) is 12.0 Å². The number of nitrogens with two attached hydrogens (primary N) is 1. The van der Waals surface area contributed by atoms with E-state index in [9.17, 15) is 0 Å². The Kier molecular flexibility index (Phi) is 2.74. The lowest BCUT2D eigenvalue weighted by molar-refractivity contribution is -0.126. The molecule has 0 bridgehead atoms. The number of nitrogens with zero attached hydrogens (tertiary/aromatic N) is 3. The third-order valence-electron chi connectivity index (χ3n) is 4.28. The van der Waals surface area contributed by atoms with Crippen LogP contribution in [0.5, 0.6) is 0 Å². The summed E-state index contributed by atoms with van der Waals surface area (Å²) in [6, 6.07) is 4.12. The highest BCUT2D eigenvalue weighted by molar-refractivity contribution is 5.74. The Bertz CT molecular complexity index is 605. The minimum Gasteiger partial charge on any atom is -0.378 e. The van der Waals surface area contributed by atoms with E-state index in [1.165, 1.54) is 0 Å². The van der Waals surface area contributed by atoms with Crippen molar-refractivity contribution in [3.05, 3.63) is 18.3 Å². The number of imidazole rings is 1. The molecule has 0 saturated heterocycles. The van der Waals surface area contributed by atoms with E-state index in [-0.39, 0.29) is 11.5 Å². The van der Waals surface area contributed by atoms with Crippen molar-refractivity contribution in [1.29, 1.82) is 0 Å². The van der Waals surface area contributed by atoms with Gasteiger partial charge in [-0.1, -0.05) is 13.8 Å². The van der Waals surface area contributed by atoms with Crippen LogP contribution >= 0.6 is 0 Å². The number of pyridine rings is 1. The van der Waals surface area contributed by atoms with Crippen LogP contribution < -0.4 is 5.73 Å². The highest BCUT2D eigenvalue weighted by Crippen LogP contribution is 2.52. The molecule has 0 aliphatic heterocycles. The van der Waals surface area contributed by atoms with Gasteiger partial charge >= 0.3 is 0 Å². The fourth-order valence-corrected chi connectivity index (χ4v) is 3.04. The first-order valence-corrected chi connectivity index (χ1v) is 6.75. The monoisotopic (exact) mass is 260 g/mol. The van der Waals surface area contributed by atoms with Crippen molar-refractivity contribution in [1.82, 2.24) is 14.5 Å². The lowest BCUT2D eigenvalue weighted by Gasteiger charge is -2.52. The molecular weight excluding hydrogens is 240 g/mol. The molecule has 19 heavy (non-hydrogen) atoms. The lowest BCUT2D eigenvalue weighted by Crippen LogP contribution is -2.51. The van der Waals surface area contributed by atoms with Crippen LogP contribution in [0.2, 0.25) is 0 Å². The maximum atomic E-state index is 6.08. The number of hydrogen-bond donors (Lipinski definition) is 1. The topological polar surface area (TPSA) is 66.0 Å². The highest BCUT2D eigenvalue weighted by Gasteiger charge is 2.51. The van der Waals surface area contributed by atoms with Gasteiger partial charge in [0.05, 0.1) is 6.10 Å². The third-order valence-corrected chi connectivity index (χ3v) is 4.28.